The van der Waals surface area contributed by atoms with Crippen LogP contribution in [0.4, 0.5) is 0 Å². The van der Waals surface area contributed by atoms with Gasteiger partial charge in [0, 0.05) is 52.5 Å². The highest BCUT2D eigenvalue weighted by Gasteiger charge is 2.20. The van der Waals surface area contributed by atoms with E-state index in [2.05, 4.69) is 22.0 Å². The fourth-order valence-electron chi connectivity index (χ4n) is 2.40. The molecule has 1 amide bonds. The van der Waals surface area contributed by atoms with Crippen LogP contribution in [0.1, 0.15) is 38.0 Å². The Balaban J connectivity index is 1.67. The summed E-state index contributed by atoms with van der Waals surface area (Å²) in [5.74, 6) is 1.62. The van der Waals surface area contributed by atoms with E-state index in [1.165, 1.54) is 0 Å². The van der Waals surface area contributed by atoms with Crippen LogP contribution in [0.2, 0.25) is 0 Å². The molecule has 2 rings (SSSR count). The highest BCUT2D eigenvalue weighted by atomic mass is 16.4. The van der Waals surface area contributed by atoms with Gasteiger partial charge in [0.05, 0.1) is 0 Å². The molecule has 6 nitrogen and oxygen atoms in total. The number of carbonyl (C=O) groups excluding carboxylic acids is 1. The number of rotatable bonds is 6. The summed E-state index contributed by atoms with van der Waals surface area (Å²) in [6.45, 7) is 8.38. The predicted octanol–water partition coefficient (Wildman–Crippen LogP) is 1.25. The van der Waals surface area contributed by atoms with E-state index < -0.39 is 0 Å². The number of piperazine rings is 1. The number of aromatic nitrogens is 2. The van der Waals surface area contributed by atoms with Gasteiger partial charge < -0.3 is 9.32 Å². The fraction of sp³-hybridized carbons (Fsp3) is 0.786. The quantitative estimate of drug-likeness (QED) is 0.785. The van der Waals surface area contributed by atoms with Gasteiger partial charge in [0.25, 0.3) is 0 Å². The Labute approximate surface area is 120 Å². The van der Waals surface area contributed by atoms with Crippen molar-refractivity contribution in [3.63, 3.8) is 0 Å². The van der Waals surface area contributed by atoms with Crippen molar-refractivity contribution >= 4 is 5.91 Å². The molecule has 0 spiro atoms. The molecule has 0 atom stereocenters. The Hall–Kier alpha value is -1.43. The Morgan fingerprint density at radius 1 is 1.25 bits per heavy atom. The van der Waals surface area contributed by atoms with Crippen LogP contribution in [0.15, 0.2) is 4.42 Å². The average Bonchev–Trinajstić information content (AvgIpc) is 2.89. The lowest BCUT2D eigenvalue weighted by Gasteiger charge is -2.34. The molecule has 112 valence electrons. The van der Waals surface area contributed by atoms with Gasteiger partial charge in [0.2, 0.25) is 17.7 Å². The van der Waals surface area contributed by atoms with Crippen LogP contribution in [0.5, 0.6) is 0 Å². The molecule has 1 fully saturated rings. The molecule has 1 aliphatic heterocycles. The van der Waals surface area contributed by atoms with Crippen LogP contribution < -0.4 is 0 Å². The third-order valence-corrected chi connectivity index (χ3v) is 3.68. The summed E-state index contributed by atoms with van der Waals surface area (Å²) >= 11 is 0. The number of hydrogen-bond donors (Lipinski definition) is 0. The minimum atomic E-state index is 0.305. The Bertz CT molecular complexity index is 425. The van der Waals surface area contributed by atoms with Crippen LogP contribution in [0.25, 0.3) is 0 Å². The zero-order valence-electron chi connectivity index (χ0n) is 12.5. The van der Waals surface area contributed by atoms with Crippen molar-refractivity contribution in [1.82, 2.24) is 20.0 Å². The number of nitrogens with zero attached hydrogens (tertiary/aromatic N) is 4. The van der Waals surface area contributed by atoms with Crippen LogP contribution in [0, 0.1) is 6.92 Å². The molecule has 0 aromatic carbocycles. The minimum absolute atomic E-state index is 0.305. The number of carbonyl (C=O) groups is 1. The molecule has 2 heterocycles. The minimum Gasteiger partial charge on any atom is -0.426 e. The lowest BCUT2D eigenvalue weighted by Crippen LogP contribution is -2.49. The maximum atomic E-state index is 11.9. The summed E-state index contributed by atoms with van der Waals surface area (Å²) in [5, 5.41) is 7.83. The van der Waals surface area contributed by atoms with Gasteiger partial charge in [-0.2, -0.15) is 0 Å². The van der Waals surface area contributed by atoms with Crippen LogP contribution in [0.3, 0.4) is 0 Å². The van der Waals surface area contributed by atoms with Gasteiger partial charge in [0.15, 0.2) is 0 Å². The van der Waals surface area contributed by atoms with Gasteiger partial charge in [-0.05, 0) is 6.42 Å². The first kappa shape index (κ1) is 15.0. The average molecular weight is 280 g/mol. The smallest absolute Gasteiger partial charge is 0.222 e. The van der Waals surface area contributed by atoms with Crippen LogP contribution in [-0.4, -0.2) is 58.6 Å². The molecule has 0 radical (unpaired) electrons. The monoisotopic (exact) mass is 280 g/mol. The first-order valence-electron chi connectivity index (χ1n) is 7.48. The topological polar surface area (TPSA) is 62.5 Å². The third-order valence-electron chi connectivity index (χ3n) is 3.68. The van der Waals surface area contributed by atoms with E-state index in [0.717, 1.165) is 52.0 Å². The molecule has 0 saturated carbocycles. The standard InChI is InChI=1S/C14H24N4O2/c1-3-4-5-14(19)18-10-8-17(9-11-18)7-6-13-16-15-12(2)20-13/h3-11H2,1-2H3. The summed E-state index contributed by atoms with van der Waals surface area (Å²) in [6, 6.07) is 0. The third kappa shape index (κ3) is 4.30. The normalized spacial score (nSPS) is 16.6. The van der Waals surface area contributed by atoms with Gasteiger partial charge >= 0.3 is 0 Å². The van der Waals surface area contributed by atoms with Gasteiger partial charge in [-0.1, -0.05) is 13.3 Å². The van der Waals surface area contributed by atoms with Crippen molar-refractivity contribution in [2.75, 3.05) is 32.7 Å². The first-order valence-corrected chi connectivity index (χ1v) is 7.48. The summed E-state index contributed by atoms with van der Waals surface area (Å²) in [4.78, 5) is 16.3. The van der Waals surface area contributed by atoms with Gasteiger partial charge in [0.1, 0.15) is 0 Å². The second kappa shape index (κ2) is 7.38. The Kier molecular flexibility index (Phi) is 5.52. The molecule has 6 heteroatoms. The van der Waals surface area contributed by atoms with Crippen molar-refractivity contribution in [3.8, 4) is 0 Å². The van der Waals surface area contributed by atoms with Crippen molar-refractivity contribution in [2.45, 2.75) is 39.5 Å². The van der Waals surface area contributed by atoms with Gasteiger partial charge in [-0.15, -0.1) is 10.2 Å². The van der Waals surface area contributed by atoms with Gasteiger partial charge in [-0.25, -0.2) is 0 Å². The highest BCUT2D eigenvalue weighted by molar-refractivity contribution is 5.76. The molecule has 0 aliphatic carbocycles. The second-order valence-corrected chi connectivity index (χ2v) is 5.29. The largest absolute Gasteiger partial charge is 0.426 e. The molecule has 0 bridgehead atoms. The molecule has 1 aromatic rings. The number of aryl methyl sites for hydroxylation is 1. The number of amides is 1. The molecule has 1 saturated heterocycles. The van der Waals surface area contributed by atoms with Crippen molar-refractivity contribution in [1.29, 1.82) is 0 Å². The zero-order chi connectivity index (χ0) is 14.4. The highest BCUT2D eigenvalue weighted by Crippen LogP contribution is 2.07. The summed E-state index contributed by atoms with van der Waals surface area (Å²) in [6.07, 6.45) is 3.55. The van der Waals surface area contributed by atoms with Gasteiger partial charge in [-0.3, -0.25) is 9.69 Å². The first-order chi connectivity index (χ1) is 9.69. The summed E-state index contributed by atoms with van der Waals surface area (Å²) < 4.78 is 5.36. The van der Waals surface area contributed by atoms with E-state index in [0.29, 0.717) is 24.1 Å². The lowest BCUT2D eigenvalue weighted by atomic mass is 10.2. The van der Waals surface area contributed by atoms with E-state index in [9.17, 15) is 4.79 Å². The SMILES string of the molecule is CCCCC(=O)N1CCN(CCc2nnc(C)o2)CC1. The molecule has 0 N–H and O–H groups in total. The molecular formula is C14H24N4O2. The van der Waals surface area contributed by atoms with E-state index in [1.807, 2.05) is 4.90 Å². The maximum Gasteiger partial charge on any atom is 0.222 e. The van der Waals surface area contributed by atoms with Crippen LogP contribution >= 0.6 is 0 Å². The molecule has 0 unspecified atom stereocenters. The molecule has 1 aromatic heterocycles. The van der Waals surface area contributed by atoms with Crippen molar-refractivity contribution in [2.24, 2.45) is 0 Å². The molecule has 1 aliphatic rings. The maximum absolute atomic E-state index is 11.9. The number of hydrogen-bond acceptors (Lipinski definition) is 5. The Morgan fingerprint density at radius 2 is 2.00 bits per heavy atom. The molecule has 20 heavy (non-hydrogen) atoms. The number of unbranched alkanes of at least 4 members (excludes halogenated alkanes) is 1. The Morgan fingerprint density at radius 3 is 2.60 bits per heavy atom. The second-order valence-electron chi connectivity index (χ2n) is 5.29. The predicted molar refractivity (Wildman–Crippen MR) is 75.3 cm³/mol. The van der Waals surface area contributed by atoms with E-state index in [4.69, 9.17) is 4.42 Å². The zero-order valence-corrected chi connectivity index (χ0v) is 12.5. The lowest BCUT2D eigenvalue weighted by molar-refractivity contribution is -0.133. The van der Waals surface area contributed by atoms with Crippen molar-refractivity contribution < 1.29 is 9.21 Å². The summed E-state index contributed by atoms with van der Waals surface area (Å²) in [5.41, 5.74) is 0. The van der Waals surface area contributed by atoms with E-state index in [1.54, 1.807) is 6.92 Å². The van der Waals surface area contributed by atoms with E-state index >= 15 is 0 Å². The molecular weight excluding hydrogens is 256 g/mol. The fourth-order valence-corrected chi connectivity index (χ4v) is 2.40. The van der Waals surface area contributed by atoms with Crippen LogP contribution in [-0.2, 0) is 11.2 Å². The van der Waals surface area contributed by atoms with Crippen molar-refractivity contribution in [3.05, 3.63) is 11.8 Å². The summed E-state index contributed by atoms with van der Waals surface area (Å²) in [7, 11) is 0. The van der Waals surface area contributed by atoms with E-state index in [-0.39, 0.29) is 0 Å².